The zero-order valence-corrected chi connectivity index (χ0v) is 19.9. The van der Waals surface area contributed by atoms with Gasteiger partial charge >= 0.3 is 0 Å². The first-order valence-electron chi connectivity index (χ1n) is 11.8. The maximum Gasteiger partial charge on any atom is 0.241 e. The Bertz CT molecular complexity index is 1230. The Morgan fingerprint density at radius 2 is 1.71 bits per heavy atom. The molecule has 180 valence electrons. The van der Waals surface area contributed by atoms with Gasteiger partial charge in [-0.15, -0.1) is 0 Å². The second-order valence-electron chi connectivity index (χ2n) is 8.74. The highest BCUT2D eigenvalue weighted by Gasteiger charge is 2.23. The van der Waals surface area contributed by atoms with E-state index in [2.05, 4.69) is 9.62 Å². The Balaban J connectivity index is 1.09. The van der Waals surface area contributed by atoms with Crippen molar-refractivity contribution in [3.8, 4) is 17.2 Å². The molecular formula is C26H30N2O5S. The highest BCUT2D eigenvalue weighted by molar-refractivity contribution is 7.89. The molecule has 2 heterocycles. The predicted octanol–water partition coefficient (Wildman–Crippen LogP) is 3.68. The molecule has 2 aliphatic rings. The van der Waals surface area contributed by atoms with E-state index >= 15 is 0 Å². The molecular weight excluding hydrogens is 452 g/mol. The molecule has 0 radical (unpaired) electrons. The SMILES string of the molecule is O=S(=O)(NCC1CCN(CCOc2cccc3c2OCCO3)CC1)c1cccc2ccccc12. The molecule has 0 aliphatic carbocycles. The molecule has 0 spiro atoms. The lowest BCUT2D eigenvalue weighted by atomic mass is 9.97. The standard InChI is InChI=1S/C26H30N2O5S/c29-34(30,25-10-3-6-21-5-1-2-7-22(21)25)27-19-20-11-13-28(14-12-20)15-16-31-23-8-4-9-24-26(23)33-18-17-32-24/h1-10,20,27H,11-19H2. The van der Waals surface area contributed by atoms with Crippen molar-refractivity contribution < 1.29 is 22.6 Å². The van der Waals surface area contributed by atoms with E-state index in [1.54, 1.807) is 12.1 Å². The van der Waals surface area contributed by atoms with Gasteiger partial charge in [-0.3, -0.25) is 4.90 Å². The van der Waals surface area contributed by atoms with Crippen LogP contribution in [0, 0.1) is 5.92 Å². The monoisotopic (exact) mass is 482 g/mol. The first-order chi connectivity index (χ1) is 16.6. The van der Waals surface area contributed by atoms with Gasteiger partial charge in [0, 0.05) is 18.5 Å². The van der Waals surface area contributed by atoms with Crippen molar-refractivity contribution in [2.75, 3.05) is 46.0 Å². The van der Waals surface area contributed by atoms with Crippen molar-refractivity contribution in [1.29, 1.82) is 0 Å². The highest BCUT2D eigenvalue weighted by atomic mass is 32.2. The minimum Gasteiger partial charge on any atom is -0.488 e. The van der Waals surface area contributed by atoms with Crippen LogP contribution in [-0.2, 0) is 10.0 Å². The molecule has 0 saturated carbocycles. The summed E-state index contributed by atoms with van der Waals surface area (Å²) in [6.45, 7) is 4.79. The second kappa shape index (κ2) is 10.2. The van der Waals surface area contributed by atoms with Crippen molar-refractivity contribution in [2.24, 2.45) is 5.92 Å². The second-order valence-corrected chi connectivity index (χ2v) is 10.5. The van der Waals surface area contributed by atoms with E-state index in [1.807, 2.05) is 48.5 Å². The molecule has 5 rings (SSSR count). The number of fused-ring (bicyclic) bond motifs is 2. The average molecular weight is 483 g/mol. The molecule has 2 aliphatic heterocycles. The molecule has 1 N–H and O–H groups in total. The molecule has 0 atom stereocenters. The molecule has 1 saturated heterocycles. The molecule has 34 heavy (non-hydrogen) atoms. The van der Waals surface area contributed by atoms with E-state index in [0.717, 1.165) is 54.7 Å². The van der Waals surface area contributed by atoms with Gasteiger partial charge in [-0.05, 0) is 55.4 Å². The number of ether oxygens (including phenoxy) is 3. The van der Waals surface area contributed by atoms with Crippen LogP contribution in [0.4, 0.5) is 0 Å². The summed E-state index contributed by atoms with van der Waals surface area (Å²) in [5.74, 6) is 2.46. The predicted molar refractivity (Wildman–Crippen MR) is 131 cm³/mol. The summed E-state index contributed by atoms with van der Waals surface area (Å²) in [4.78, 5) is 2.71. The van der Waals surface area contributed by atoms with Gasteiger partial charge in [0.25, 0.3) is 0 Å². The van der Waals surface area contributed by atoms with Gasteiger partial charge in [-0.25, -0.2) is 13.1 Å². The van der Waals surface area contributed by atoms with Crippen molar-refractivity contribution in [3.63, 3.8) is 0 Å². The number of sulfonamides is 1. The van der Waals surface area contributed by atoms with Crippen molar-refractivity contribution in [1.82, 2.24) is 9.62 Å². The Morgan fingerprint density at radius 3 is 2.59 bits per heavy atom. The smallest absolute Gasteiger partial charge is 0.241 e. The van der Waals surface area contributed by atoms with Crippen LogP contribution in [0.15, 0.2) is 65.6 Å². The van der Waals surface area contributed by atoms with Gasteiger partial charge in [0.05, 0.1) is 4.90 Å². The van der Waals surface area contributed by atoms with Gasteiger partial charge in [-0.2, -0.15) is 0 Å². The third-order valence-corrected chi connectivity index (χ3v) is 7.99. The summed E-state index contributed by atoms with van der Waals surface area (Å²) >= 11 is 0. The van der Waals surface area contributed by atoms with Crippen LogP contribution >= 0.6 is 0 Å². The third kappa shape index (κ3) is 5.14. The summed E-state index contributed by atoms with van der Waals surface area (Å²) in [6, 6.07) is 18.7. The molecule has 0 aromatic heterocycles. The Kier molecular flexibility index (Phi) is 6.89. The minimum absolute atomic E-state index is 0.327. The van der Waals surface area contributed by atoms with Crippen molar-refractivity contribution >= 4 is 20.8 Å². The first kappa shape index (κ1) is 23.0. The molecule has 8 heteroatoms. The summed E-state index contributed by atoms with van der Waals surface area (Å²) in [5, 5.41) is 1.68. The van der Waals surface area contributed by atoms with Gasteiger partial charge in [0.2, 0.25) is 15.8 Å². The fraction of sp³-hybridized carbons (Fsp3) is 0.385. The number of likely N-dealkylation sites (tertiary alicyclic amines) is 1. The van der Waals surface area contributed by atoms with E-state index in [4.69, 9.17) is 14.2 Å². The van der Waals surface area contributed by atoms with E-state index < -0.39 is 10.0 Å². The van der Waals surface area contributed by atoms with Crippen LogP contribution < -0.4 is 18.9 Å². The first-order valence-corrected chi connectivity index (χ1v) is 13.3. The number of hydrogen-bond acceptors (Lipinski definition) is 6. The van der Waals surface area contributed by atoms with Gasteiger partial charge in [0.1, 0.15) is 19.8 Å². The molecule has 1 fully saturated rings. The quantitative estimate of drug-likeness (QED) is 0.528. The molecule has 0 unspecified atom stereocenters. The summed E-state index contributed by atoms with van der Waals surface area (Å²) in [7, 11) is -3.56. The van der Waals surface area contributed by atoms with E-state index in [0.29, 0.717) is 42.9 Å². The zero-order valence-electron chi connectivity index (χ0n) is 19.1. The van der Waals surface area contributed by atoms with Gasteiger partial charge in [0.15, 0.2) is 11.5 Å². The maximum absolute atomic E-state index is 13.0. The molecule has 3 aromatic rings. The number of benzene rings is 3. The lowest BCUT2D eigenvalue weighted by Crippen LogP contribution is -2.40. The van der Waals surface area contributed by atoms with Gasteiger partial charge in [-0.1, -0.05) is 42.5 Å². The number of nitrogens with zero attached hydrogens (tertiary/aromatic N) is 1. The van der Waals surface area contributed by atoms with Crippen LogP contribution in [0.1, 0.15) is 12.8 Å². The van der Waals surface area contributed by atoms with E-state index in [-0.39, 0.29) is 0 Å². The van der Waals surface area contributed by atoms with Crippen LogP contribution in [0.2, 0.25) is 0 Å². The van der Waals surface area contributed by atoms with Crippen molar-refractivity contribution in [3.05, 3.63) is 60.7 Å². The van der Waals surface area contributed by atoms with E-state index in [1.165, 1.54) is 0 Å². The lowest BCUT2D eigenvalue weighted by Gasteiger charge is -2.32. The van der Waals surface area contributed by atoms with Crippen LogP contribution in [0.5, 0.6) is 17.2 Å². The number of hydrogen-bond donors (Lipinski definition) is 1. The van der Waals surface area contributed by atoms with Crippen molar-refractivity contribution in [2.45, 2.75) is 17.7 Å². The summed E-state index contributed by atoms with van der Waals surface area (Å²) in [6.07, 6.45) is 1.91. The normalized spacial score (nSPS) is 17.1. The fourth-order valence-electron chi connectivity index (χ4n) is 4.59. The zero-order chi connectivity index (χ0) is 23.4. The highest BCUT2D eigenvalue weighted by Crippen LogP contribution is 2.38. The van der Waals surface area contributed by atoms with Gasteiger partial charge < -0.3 is 14.2 Å². The molecule has 3 aromatic carbocycles. The molecule has 0 bridgehead atoms. The van der Waals surface area contributed by atoms with Crippen LogP contribution in [0.25, 0.3) is 10.8 Å². The minimum atomic E-state index is -3.56. The summed E-state index contributed by atoms with van der Waals surface area (Å²) in [5.41, 5.74) is 0. The Labute approximate surface area is 200 Å². The largest absolute Gasteiger partial charge is 0.488 e. The molecule has 7 nitrogen and oxygen atoms in total. The lowest BCUT2D eigenvalue weighted by molar-refractivity contribution is 0.143. The Morgan fingerprint density at radius 1 is 0.941 bits per heavy atom. The van der Waals surface area contributed by atoms with Crippen LogP contribution in [0.3, 0.4) is 0 Å². The summed E-state index contributed by atoms with van der Waals surface area (Å²) < 4.78 is 46.1. The van der Waals surface area contributed by atoms with E-state index in [9.17, 15) is 8.42 Å². The fourth-order valence-corrected chi connectivity index (χ4v) is 5.94. The third-order valence-electron chi connectivity index (χ3n) is 6.50. The average Bonchev–Trinajstić information content (AvgIpc) is 2.88. The number of para-hydroxylation sites is 1. The number of rotatable bonds is 8. The Hall–Kier alpha value is -2.81. The molecule has 0 amide bonds. The number of nitrogens with one attached hydrogen (secondary N) is 1. The topological polar surface area (TPSA) is 77.1 Å². The van der Waals surface area contributed by atoms with Crippen LogP contribution in [-0.4, -0.2) is 59.3 Å². The number of piperidine rings is 1. The maximum atomic E-state index is 13.0.